The molecule has 2 bridgehead atoms. The van der Waals surface area contributed by atoms with Crippen molar-refractivity contribution in [2.24, 2.45) is 0 Å². The Morgan fingerprint density at radius 1 is 1.15 bits per heavy atom. The van der Waals surface area contributed by atoms with Crippen molar-refractivity contribution >= 4 is 5.97 Å². The van der Waals surface area contributed by atoms with Crippen LogP contribution in [-0.4, -0.2) is 43.3 Å². The first-order valence-electron chi connectivity index (χ1n) is 7.82. The summed E-state index contributed by atoms with van der Waals surface area (Å²) in [6.07, 6.45) is 6.79. The predicted octanol–water partition coefficient (Wildman–Crippen LogP) is 2.17. The van der Waals surface area contributed by atoms with Gasteiger partial charge in [-0.05, 0) is 38.5 Å². The molecule has 0 aromatic heterocycles. The van der Waals surface area contributed by atoms with E-state index in [4.69, 9.17) is 18.9 Å². The number of carbonyl (C=O) groups is 1. The molecule has 3 fully saturated rings. The van der Waals surface area contributed by atoms with Crippen LogP contribution in [0.5, 0.6) is 0 Å². The van der Waals surface area contributed by atoms with Crippen molar-refractivity contribution < 1.29 is 23.7 Å². The fourth-order valence-electron chi connectivity index (χ4n) is 3.48. The molecule has 0 aliphatic carbocycles. The molecule has 20 heavy (non-hydrogen) atoms. The van der Waals surface area contributed by atoms with Crippen LogP contribution in [0, 0.1) is 0 Å². The Morgan fingerprint density at radius 3 is 2.80 bits per heavy atom. The molecule has 3 rings (SSSR count). The smallest absolute Gasteiger partial charge is 0.302 e. The van der Waals surface area contributed by atoms with E-state index in [1.165, 1.54) is 6.92 Å². The van der Waals surface area contributed by atoms with Crippen molar-refractivity contribution in [1.29, 1.82) is 0 Å². The monoisotopic (exact) mass is 284 g/mol. The number of hydrogen-bond donors (Lipinski definition) is 0. The molecule has 3 heterocycles. The summed E-state index contributed by atoms with van der Waals surface area (Å²) in [5.41, 5.74) is 0. The molecule has 3 aliphatic heterocycles. The summed E-state index contributed by atoms with van der Waals surface area (Å²) in [5, 5.41) is 0. The minimum absolute atomic E-state index is 0.0392. The van der Waals surface area contributed by atoms with Crippen molar-refractivity contribution in [1.82, 2.24) is 0 Å². The van der Waals surface area contributed by atoms with E-state index in [1.54, 1.807) is 0 Å². The summed E-state index contributed by atoms with van der Waals surface area (Å²) in [6.45, 7) is 2.21. The van der Waals surface area contributed by atoms with Crippen molar-refractivity contribution in [2.45, 2.75) is 82.6 Å². The maximum atomic E-state index is 11.3. The Bertz CT molecular complexity index is 339. The zero-order valence-corrected chi connectivity index (χ0v) is 12.1. The predicted molar refractivity (Wildman–Crippen MR) is 71.1 cm³/mol. The third-order valence-electron chi connectivity index (χ3n) is 4.37. The summed E-state index contributed by atoms with van der Waals surface area (Å²) < 4.78 is 23.3. The lowest BCUT2D eigenvalue weighted by atomic mass is 9.87. The van der Waals surface area contributed by atoms with Crippen LogP contribution < -0.4 is 0 Å². The highest BCUT2D eigenvalue weighted by Crippen LogP contribution is 2.35. The number of fused-ring (bicyclic) bond motifs is 2. The Balaban J connectivity index is 1.66. The molecular formula is C15H24O5. The second kappa shape index (κ2) is 6.41. The van der Waals surface area contributed by atoms with Crippen LogP contribution >= 0.6 is 0 Å². The fourth-order valence-corrected chi connectivity index (χ4v) is 3.48. The first kappa shape index (κ1) is 14.3. The van der Waals surface area contributed by atoms with E-state index in [-0.39, 0.29) is 36.7 Å². The lowest BCUT2D eigenvalue weighted by Crippen LogP contribution is -2.54. The Hall–Kier alpha value is -0.650. The molecule has 0 aromatic carbocycles. The molecule has 5 atom stereocenters. The van der Waals surface area contributed by atoms with Crippen LogP contribution in [0.15, 0.2) is 0 Å². The fraction of sp³-hybridized carbons (Fsp3) is 0.933. The van der Waals surface area contributed by atoms with Gasteiger partial charge < -0.3 is 18.9 Å². The van der Waals surface area contributed by atoms with Crippen molar-refractivity contribution in [3.8, 4) is 0 Å². The maximum Gasteiger partial charge on any atom is 0.302 e. The molecule has 0 N–H and O–H groups in total. The van der Waals surface area contributed by atoms with Crippen LogP contribution in [-0.2, 0) is 23.7 Å². The number of ether oxygens (including phenoxy) is 4. The Morgan fingerprint density at radius 2 is 2.05 bits per heavy atom. The van der Waals surface area contributed by atoms with Gasteiger partial charge in [0.05, 0.1) is 12.2 Å². The summed E-state index contributed by atoms with van der Waals surface area (Å²) in [5.74, 6) is -0.242. The number of carbonyl (C=O) groups excluding carboxylic acids is 1. The van der Waals surface area contributed by atoms with Gasteiger partial charge in [0.2, 0.25) is 0 Å². The Labute approximate surface area is 119 Å². The van der Waals surface area contributed by atoms with E-state index in [0.717, 1.165) is 51.6 Å². The lowest BCUT2D eigenvalue weighted by molar-refractivity contribution is -0.269. The van der Waals surface area contributed by atoms with E-state index in [9.17, 15) is 4.79 Å². The van der Waals surface area contributed by atoms with Crippen LogP contribution in [0.1, 0.15) is 51.9 Å². The molecule has 114 valence electrons. The first-order valence-corrected chi connectivity index (χ1v) is 7.82. The van der Waals surface area contributed by atoms with Crippen molar-refractivity contribution in [3.05, 3.63) is 0 Å². The van der Waals surface area contributed by atoms with Crippen molar-refractivity contribution in [2.75, 3.05) is 6.61 Å². The summed E-state index contributed by atoms with van der Waals surface area (Å²) >= 11 is 0. The lowest BCUT2D eigenvalue weighted by Gasteiger charge is -2.45. The highest BCUT2D eigenvalue weighted by molar-refractivity contribution is 5.66. The second-order valence-electron chi connectivity index (χ2n) is 6.01. The molecule has 3 aliphatic rings. The SMILES string of the molecule is CC(=O)OC1CC2CCCC(O2)C1OC1CCCCO1. The molecule has 5 nitrogen and oxygen atoms in total. The summed E-state index contributed by atoms with van der Waals surface area (Å²) in [7, 11) is 0. The molecule has 0 spiro atoms. The summed E-state index contributed by atoms with van der Waals surface area (Å²) in [6, 6.07) is 0. The van der Waals surface area contributed by atoms with Crippen LogP contribution in [0.3, 0.4) is 0 Å². The van der Waals surface area contributed by atoms with E-state index >= 15 is 0 Å². The largest absolute Gasteiger partial charge is 0.460 e. The van der Waals surface area contributed by atoms with E-state index < -0.39 is 0 Å². The van der Waals surface area contributed by atoms with Gasteiger partial charge in [0.1, 0.15) is 12.2 Å². The third-order valence-corrected chi connectivity index (χ3v) is 4.37. The summed E-state index contributed by atoms with van der Waals surface area (Å²) in [4.78, 5) is 11.3. The van der Waals surface area contributed by atoms with Crippen LogP contribution in [0.4, 0.5) is 0 Å². The van der Waals surface area contributed by atoms with E-state index in [1.807, 2.05) is 0 Å². The standard InChI is InChI=1S/C15H24O5/c1-10(16)18-13-9-11-5-4-6-12(19-11)15(13)20-14-7-2-3-8-17-14/h11-15H,2-9H2,1H3. The average Bonchev–Trinajstić information content (AvgIpc) is 2.44. The van der Waals surface area contributed by atoms with Crippen molar-refractivity contribution in [3.63, 3.8) is 0 Å². The quantitative estimate of drug-likeness (QED) is 0.743. The van der Waals surface area contributed by atoms with Gasteiger partial charge in [0.25, 0.3) is 0 Å². The van der Waals surface area contributed by atoms with Crippen LogP contribution in [0.25, 0.3) is 0 Å². The topological polar surface area (TPSA) is 54.0 Å². The zero-order chi connectivity index (χ0) is 13.9. The van der Waals surface area contributed by atoms with Gasteiger partial charge in [-0.1, -0.05) is 0 Å². The molecule has 0 amide bonds. The maximum absolute atomic E-state index is 11.3. The minimum Gasteiger partial charge on any atom is -0.460 e. The van der Waals surface area contributed by atoms with Crippen LogP contribution in [0.2, 0.25) is 0 Å². The molecule has 3 saturated heterocycles. The third kappa shape index (κ3) is 3.32. The first-order chi connectivity index (χ1) is 9.72. The van der Waals surface area contributed by atoms with Gasteiger partial charge >= 0.3 is 5.97 Å². The van der Waals surface area contributed by atoms with Gasteiger partial charge in [-0.15, -0.1) is 0 Å². The molecule has 0 saturated carbocycles. The van der Waals surface area contributed by atoms with Gasteiger partial charge in [-0.2, -0.15) is 0 Å². The molecular weight excluding hydrogens is 260 g/mol. The van der Waals surface area contributed by atoms with E-state index in [2.05, 4.69) is 0 Å². The van der Waals surface area contributed by atoms with E-state index in [0.29, 0.717) is 0 Å². The number of rotatable bonds is 3. The van der Waals surface area contributed by atoms with Gasteiger partial charge in [0, 0.05) is 20.0 Å². The van der Waals surface area contributed by atoms with Gasteiger partial charge in [-0.25, -0.2) is 0 Å². The zero-order valence-electron chi connectivity index (χ0n) is 12.1. The second-order valence-corrected chi connectivity index (χ2v) is 6.01. The minimum atomic E-state index is -0.242. The van der Waals surface area contributed by atoms with Gasteiger partial charge in [0.15, 0.2) is 6.29 Å². The molecule has 0 radical (unpaired) electrons. The highest BCUT2D eigenvalue weighted by atomic mass is 16.7. The highest BCUT2D eigenvalue weighted by Gasteiger charge is 2.44. The number of esters is 1. The molecule has 5 unspecified atom stereocenters. The average molecular weight is 284 g/mol. The number of hydrogen-bond acceptors (Lipinski definition) is 5. The molecule has 0 aromatic rings. The van der Waals surface area contributed by atoms with Gasteiger partial charge in [-0.3, -0.25) is 4.79 Å². The Kier molecular flexibility index (Phi) is 4.58. The molecule has 5 heteroatoms. The normalized spacial score (nSPS) is 41.1.